The number of ether oxygens (including phenoxy) is 2. The van der Waals surface area contributed by atoms with Gasteiger partial charge in [-0.3, -0.25) is 4.90 Å². The van der Waals surface area contributed by atoms with Crippen molar-refractivity contribution in [3.63, 3.8) is 0 Å². The van der Waals surface area contributed by atoms with Crippen molar-refractivity contribution in [1.82, 2.24) is 10.2 Å². The molecule has 0 bridgehead atoms. The summed E-state index contributed by atoms with van der Waals surface area (Å²) in [5.74, 6) is 1.57. The third-order valence-corrected chi connectivity index (χ3v) is 5.82. The first-order valence-electron chi connectivity index (χ1n) is 8.52. The highest BCUT2D eigenvalue weighted by molar-refractivity contribution is 7.12. The Bertz CT molecular complexity index is 665. The summed E-state index contributed by atoms with van der Waals surface area (Å²) in [6, 6.07) is 11.1. The summed E-state index contributed by atoms with van der Waals surface area (Å²) in [6.07, 6.45) is 1.09. The zero-order valence-electron chi connectivity index (χ0n) is 14.7. The summed E-state index contributed by atoms with van der Waals surface area (Å²) in [7, 11) is 3.37. The highest BCUT2D eigenvalue weighted by Gasteiger charge is 2.26. The van der Waals surface area contributed by atoms with Gasteiger partial charge in [-0.1, -0.05) is 13.0 Å². The van der Waals surface area contributed by atoms with Crippen molar-refractivity contribution in [2.75, 3.05) is 40.4 Å². The molecule has 1 aliphatic rings. The van der Waals surface area contributed by atoms with E-state index in [0.29, 0.717) is 0 Å². The molecule has 3 rings (SSSR count). The minimum absolute atomic E-state index is 0.275. The van der Waals surface area contributed by atoms with Crippen LogP contribution in [0.1, 0.15) is 28.3 Å². The summed E-state index contributed by atoms with van der Waals surface area (Å²) in [6.45, 7) is 6.40. The standard InChI is InChI=1S/C19H26N2O2S/c1-4-15-6-8-18(24-15)19(21-11-9-20-10-12-21)14-5-7-16(22-2)17(13-14)23-3/h5-8,13,19-20H,4,9-12H2,1-3H3. The first kappa shape index (κ1) is 17.3. The second-order valence-electron chi connectivity index (χ2n) is 5.96. The lowest BCUT2D eigenvalue weighted by Crippen LogP contribution is -2.45. The van der Waals surface area contributed by atoms with Gasteiger partial charge in [-0.25, -0.2) is 0 Å². The zero-order chi connectivity index (χ0) is 16.9. The Hall–Kier alpha value is -1.56. The average molecular weight is 346 g/mol. The van der Waals surface area contributed by atoms with Crippen LogP contribution < -0.4 is 14.8 Å². The Labute approximate surface area is 148 Å². The molecule has 1 aromatic carbocycles. The number of hydrogen-bond acceptors (Lipinski definition) is 5. The van der Waals surface area contributed by atoms with Crippen molar-refractivity contribution in [1.29, 1.82) is 0 Å². The Morgan fingerprint density at radius 1 is 1.08 bits per heavy atom. The maximum Gasteiger partial charge on any atom is 0.161 e. The van der Waals surface area contributed by atoms with E-state index in [-0.39, 0.29) is 6.04 Å². The van der Waals surface area contributed by atoms with Crippen LogP contribution in [0.3, 0.4) is 0 Å². The van der Waals surface area contributed by atoms with Crippen molar-refractivity contribution in [3.05, 3.63) is 45.6 Å². The lowest BCUT2D eigenvalue weighted by atomic mass is 10.0. The summed E-state index contributed by atoms with van der Waals surface area (Å²) in [4.78, 5) is 5.40. The fraction of sp³-hybridized carbons (Fsp3) is 0.474. The van der Waals surface area contributed by atoms with Gasteiger partial charge in [0, 0.05) is 35.9 Å². The number of nitrogens with one attached hydrogen (secondary N) is 1. The van der Waals surface area contributed by atoms with E-state index in [1.165, 1.54) is 15.3 Å². The van der Waals surface area contributed by atoms with Crippen LogP contribution in [0.25, 0.3) is 0 Å². The van der Waals surface area contributed by atoms with Crippen LogP contribution in [0.2, 0.25) is 0 Å². The normalized spacial score (nSPS) is 16.8. The number of nitrogens with zero attached hydrogens (tertiary/aromatic N) is 1. The van der Waals surface area contributed by atoms with Crippen LogP contribution in [0.5, 0.6) is 11.5 Å². The van der Waals surface area contributed by atoms with E-state index < -0.39 is 0 Å². The first-order chi connectivity index (χ1) is 11.8. The third-order valence-electron chi connectivity index (χ3n) is 4.54. The van der Waals surface area contributed by atoms with Gasteiger partial charge in [0.25, 0.3) is 0 Å². The summed E-state index contributed by atoms with van der Waals surface area (Å²) >= 11 is 1.92. The van der Waals surface area contributed by atoms with Crippen molar-refractivity contribution in [3.8, 4) is 11.5 Å². The minimum Gasteiger partial charge on any atom is -0.493 e. The molecule has 1 unspecified atom stereocenters. The highest BCUT2D eigenvalue weighted by Crippen LogP contribution is 2.37. The monoisotopic (exact) mass is 346 g/mol. The Kier molecular flexibility index (Phi) is 5.76. The SMILES string of the molecule is CCc1ccc(C(c2ccc(OC)c(OC)c2)N2CCNCC2)s1. The molecule has 130 valence electrons. The van der Waals surface area contributed by atoms with Gasteiger partial charge in [0.2, 0.25) is 0 Å². The van der Waals surface area contributed by atoms with Gasteiger partial charge in [0.1, 0.15) is 0 Å². The molecular formula is C19H26N2O2S. The van der Waals surface area contributed by atoms with Crippen molar-refractivity contribution >= 4 is 11.3 Å². The lowest BCUT2D eigenvalue weighted by molar-refractivity contribution is 0.200. The molecule has 2 heterocycles. The van der Waals surface area contributed by atoms with E-state index in [0.717, 1.165) is 44.1 Å². The molecule has 0 spiro atoms. The fourth-order valence-corrected chi connectivity index (χ4v) is 4.37. The second-order valence-corrected chi connectivity index (χ2v) is 7.16. The van der Waals surface area contributed by atoms with Gasteiger partial charge in [0.15, 0.2) is 11.5 Å². The molecule has 4 nitrogen and oxygen atoms in total. The van der Waals surface area contributed by atoms with Crippen LogP contribution in [0.15, 0.2) is 30.3 Å². The molecule has 0 aliphatic carbocycles. The van der Waals surface area contributed by atoms with E-state index in [4.69, 9.17) is 9.47 Å². The van der Waals surface area contributed by atoms with Crippen LogP contribution in [0, 0.1) is 0 Å². The molecule has 0 saturated carbocycles. The summed E-state index contributed by atoms with van der Waals surface area (Å²) in [5.41, 5.74) is 1.26. The molecule has 5 heteroatoms. The Morgan fingerprint density at radius 3 is 2.46 bits per heavy atom. The molecule has 1 aromatic heterocycles. The summed E-state index contributed by atoms with van der Waals surface area (Å²) in [5, 5.41) is 3.45. The lowest BCUT2D eigenvalue weighted by Gasteiger charge is -2.35. The van der Waals surface area contributed by atoms with E-state index in [9.17, 15) is 0 Å². The predicted molar refractivity (Wildman–Crippen MR) is 99.5 cm³/mol. The van der Waals surface area contributed by atoms with E-state index in [1.54, 1.807) is 14.2 Å². The smallest absolute Gasteiger partial charge is 0.161 e. The Balaban J connectivity index is 2.00. The maximum absolute atomic E-state index is 5.52. The molecule has 1 aliphatic heterocycles. The van der Waals surface area contributed by atoms with Crippen LogP contribution in [-0.4, -0.2) is 45.3 Å². The zero-order valence-corrected chi connectivity index (χ0v) is 15.5. The molecule has 0 amide bonds. The van der Waals surface area contributed by atoms with E-state index in [2.05, 4.69) is 41.4 Å². The summed E-state index contributed by atoms with van der Waals surface area (Å²) < 4.78 is 10.9. The number of piperazine rings is 1. The third kappa shape index (κ3) is 3.58. The number of rotatable bonds is 6. The number of thiophene rings is 1. The largest absolute Gasteiger partial charge is 0.493 e. The fourth-order valence-electron chi connectivity index (χ4n) is 3.25. The molecule has 1 fully saturated rings. The van der Waals surface area contributed by atoms with Crippen molar-refractivity contribution in [2.45, 2.75) is 19.4 Å². The first-order valence-corrected chi connectivity index (χ1v) is 9.33. The van der Waals surface area contributed by atoms with Crippen LogP contribution in [0.4, 0.5) is 0 Å². The number of benzene rings is 1. The van der Waals surface area contributed by atoms with Crippen molar-refractivity contribution < 1.29 is 9.47 Å². The average Bonchev–Trinajstić information content (AvgIpc) is 3.11. The highest BCUT2D eigenvalue weighted by atomic mass is 32.1. The van der Waals surface area contributed by atoms with Gasteiger partial charge in [-0.2, -0.15) is 0 Å². The number of methoxy groups -OCH3 is 2. The molecule has 2 aromatic rings. The van der Waals surface area contributed by atoms with E-state index in [1.807, 2.05) is 17.4 Å². The van der Waals surface area contributed by atoms with Gasteiger partial charge < -0.3 is 14.8 Å². The van der Waals surface area contributed by atoms with Gasteiger partial charge in [-0.15, -0.1) is 11.3 Å². The minimum atomic E-state index is 0.275. The molecule has 1 atom stereocenters. The number of aryl methyl sites for hydroxylation is 1. The quantitative estimate of drug-likeness (QED) is 0.870. The molecule has 0 radical (unpaired) electrons. The topological polar surface area (TPSA) is 33.7 Å². The van der Waals surface area contributed by atoms with Crippen molar-refractivity contribution in [2.24, 2.45) is 0 Å². The van der Waals surface area contributed by atoms with Gasteiger partial charge >= 0.3 is 0 Å². The Morgan fingerprint density at radius 2 is 1.83 bits per heavy atom. The predicted octanol–water partition coefficient (Wildman–Crippen LogP) is 3.32. The maximum atomic E-state index is 5.52. The number of hydrogen-bond donors (Lipinski definition) is 1. The van der Waals surface area contributed by atoms with Gasteiger partial charge in [-0.05, 0) is 36.2 Å². The molecule has 1 N–H and O–H groups in total. The second kappa shape index (κ2) is 8.01. The van der Waals surface area contributed by atoms with Crippen LogP contribution in [-0.2, 0) is 6.42 Å². The van der Waals surface area contributed by atoms with Gasteiger partial charge in [0.05, 0.1) is 20.3 Å². The van der Waals surface area contributed by atoms with Crippen LogP contribution >= 0.6 is 11.3 Å². The molecular weight excluding hydrogens is 320 g/mol. The molecule has 24 heavy (non-hydrogen) atoms. The molecule has 1 saturated heterocycles. The van der Waals surface area contributed by atoms with E-state index >= 15 is 0 Å².